The van der Waals surface area contributed by atoms with Crippen LogP contribution in [0.4, 0.5) is 24.5 Å². The van der Waals surface area contributed by atoms with E-state index in [-0.39, 0.29) is 18.5 Å². The molecule has 1 N–H and O–H groups in total. The molecule has 202 valence electrons. The predicted molar refractivity (Wildman–Crippen MR) is 144 cm³/mol. The Labute approximate surface area is 224 Å². The van der Waals surface area contributed by atoms with Crippen molar-refractivity contribution in [2.24, 2.45) is 0 Å². The number of ether oxygens (including phenoxy) is 2. The number of anilines is 2. The monoisotopic (exact) mass is 536 g/mol. The molecule has 6 rings (SSSR count). The number of para-hydroxylation sites is 3. The summed E-state index contributed by atoms with van der Waals surface area (Å²) in [6, 6.07) is 13.9. The van der Waals surface area contributed by atoms with Crippen LogP contribution in [0.2, 0.25) is 0 Å². The van der Waals surface area contributed by atoms with Crippen molar-refractivity contribution in [3.05, 3.63) is 83.3 Å². The van der Waals surface area contributed by atoms with Gasteiger partial charge in [-0.05, 0) is 25.1 Å². The number of hydrogen-bond acceptors (Lipinski definition) is 6. The number of nitrogens with zero attached hydrogens (tertiary/aromatic N) is 3. The summed E-state index contributed by atoms with van der Waals surface area (Å²) >= 11 is 0. The molecule has 0 unspecified atom stereocenters. The normalized spacial score (nSPS) is 15.2. The van der Waals surface area contributed by atoms with E-state index in [0.717, 1.165) is 11.8 Å². The number of aryl methyl sites for hydroxylation is 1. The van der Waals surface area contributed by atoms with Crippen LogP contribution < -0.4 is 20.1 Å². The minimum atomic E-state index is -1.28. The van der Waals surface area contributed by atoms with E-state index in [4.69, 9.17) is 14.5 Å². The molecule has 2 aliphatic heterocycles. The Morgan fingerprint density at radius 2 is 1.77 bits per heavy atom. The third-order valence-electron chi connectivity index (χ3n) is 6.97. The molecule has 39 heavy (non-hydrogen) atoms. The van der Waals surface area contributed by atoms with Crippen molar-refractivity contribution in [1.29, 1.82) is 0 Å². The Balaban J connectivity index is 0.00000323. The lowest BCUT2D eigenvalue weighted by molar-refractivity contribution is 0.0942. The lowest BCUT2D eigenvalue weighted by Crippen LogP contribution is -2.47. The molecule has 0 spiro atoms. The average Bonchev–Trinajstić information content (AvgIpc) is 2.94. The zero-order chi connectivity index (χ0) is 27.1. The van der Waals surface area contributed by atoms with Gasteiger partial charge >= 0.3 is 0 Å². The van der Waals surface area contributed by atoms with Gasteiger partial charge in [-0.3, -0.25) is 20.2 Å². The topological polar surface area (TPSA) is 66.9 Å². The fraction of sp³-hybridized carbons (Fsp3) is 0.241. The second kappa shape index (κ2) is 10.1. The van der Waals surface area contributed by atoms with Crippen molar-refractivity contribution in [1.82, 2.24) is 10.4 Å². The standard InChI is InChI=1S/C29H25F3N4O3.H2/c1-17-25(29(37)34-36-11-14-39-24-8-3-2-7-23(24)36)28(35-9-12-38-13-10-35)20-6-4-5-19(27(20)33-17)21-15-18(30)16-22(31)26(21)32;/h2-8,15-16H,9-14H2,1H3,(H,34,37);1H. The number of carbonyl (C=O) groups is 1. The number of nitrogens with one attached hydrogen (secondary N) is 1. The van der Waals surface area contributed by atoms with Gasteiger partial charge in [0.25, 0.3) is 5.91 Å². The van der Waals surface area contributed by atoms with E-state index in [0.29, 0.717) is 79.1 Å². The van der Waals surface area contributed by atoms with Crippen LogP contribution in [0.15, 0.2) is 54.6 Å². The van der Waals surface area contributed by atoms with Crippen LogP contribution in [-0.2, 0) is 4.74 Å². The number of fused-ring (bicyclic) bond motifs is 2. The summed E-state index contributed by atoms with van der Waals surface area (Å²) in [7, 11) is 0. The summed E-state index contributed by atoms with van der Waals surface area (Å²) in [5, 5.41) is 2.31. The average molecular weight is 537 g/mol. The van der Waals surface area contributed by atoms with Crippen LogP contribution >= 0.6 is 0 Å². The molecule has 1 amide bonds. The Hall–Kier alpha value is -4.31. The number of morpholine rings is 1. The molecular weight excluding hydrogens is 509 g/mol. The predicted octanol–water partition coefficient (Wildman–Crippen LogP) is 5.25. The molecule has 0 bridgehead atoms. The third-order valence-corrected chi connectivity index (χ3v) is 6.97. The molecule has 0 radical (unpaired) electrons. The van der Waals surface area contributed by atoms with Crippen molar-refractivity contribution < 1.29 is 28.9 Å². The molecule has 10 heteroatoms. The van der Waals surface area contributed by atoms with Crippen LogP contribution in [0.5, 0.6) is 5.75 Å². The Morgan fingerprint density at radius 3 is 2.59 bits per heavy atom. The zero-order valence-electron chi connectivity index (χ0n) is 21.1. The molecule has 0 saturated carbocycles. The molecule has 4 aromatic rings. The van der Waals surface area contributed by atoms with Crippen LogP contribution in [0.3, 0.4) is 0 Å². The quantitative estimate of drug-likeness (QED) is 0.360. The third kappa shape index (κ3) is 4.50. The highest BCUT2D eigenvalue weighted by Crippen LogP contribution is 2.39. The second-order valence-electron chi connectivity index (χ2n) is 9.38. The van der Waals surface area contributed by atoms with Gasteiger partial charge in [-0.1, -0.05) is 30.3 Å². The van der Waals surface area contributed by atoms with E-state index in [1.54, 1.807) is 30.1 Å². The number of carbonyl (C=O) groups excluding carboxylic acids is 1. The van der Waals surface area contributed by atoms with E-state index >= 15 is 0 Å². The van der Waals surface area contributed by atoms with Crippen LogP contribution in [0.25, 0.3) is 22.0 Å². The van der Waals surface area contributed by atoms with E-state index in [1.165, 1.54) is 0 Å². The summed E-state index contributed by atoms with van der Waals surface area (Å²) in [6.07, 6.45) is 0. The molecule has 7 nitrogen and oxygen atoms in total. The highest BCUT2D eigenvalue weighted by Gasteiger charge is 2.28. The minimum Gasteiger partial charge on any atom is -0.489 e. The Morgan fingerprint density at radius 1 is 0.974 bits per heavy atom. The maximum Gasteiger partial charge on any atom is 0.273 e. The van der Waals surface area contributed by atoms with Crippen LogP contribution in [0, 0.1) is 24.4 Å². The maximum absolute atomic E-state index is 14.9. The molecule has 1 saturated heterocycles. The number of amides is 1. The summed E-state index contributed by atoms with van der Waals surface area (Å²) in [4.78, 5) is 20.6. The molecule has 1 fully saturated rings. The first kappa shape index (κ1) is 25.0. The van der Waals surface area contributed by atoms with Gasteiger partial charge in [-0.25, -0.2) is 13.2 Å². The van der Waals surface area contributed by atoms with Crippen LogP contribution in [-0.4, -0.2) is 50.3 Å². The summed E-state index contributed by atoms with van der Waals surface area (Å²) in [5.74, 6) is -3.04. The van der Waals surface area contributed by atoms with Gasteiger partial charge in [0.05, 0.1) is 47.9 Å². The number of halogens is 3. The SMILES string of the molecule is Cc1nc2c(-c3cc(F)cc(F)c3F)cccc2c(N2CCOCC2)c1C(=O)NN1CCOc2ccccc21.[HH]. The molecule has 2 aliphatic rings. The van der Waals surface area contributed by atoms with Crippen molar-refractivity contribution in [3.63, 3.8) is 0 Å². The molecule has 0 aliphatic carbocycles. The highest BCUT2D eigenvalue weighted by atomic mass is 19.2. The molecule has 3 aromatic carbocycles. The lowest BCUT2D eigenvalue weighted by atomic mass is 9.97. The smallest absolute Gasteiger partial charge is 0.273 e. The number of benzene rings is 3. The zero-order valence-corrected chi connectivity index (χ0v) is 21.1. The van der Waals surface area contributed by atoms with Gasteiger partial charge in [0, 0.05) is 37.1 Å². The molecule has 3 heterocycles. The number of aromatic nitrogens is 1. The van der Waals surface area contributed by atoms with Crippen molar-refractivity contribution in [2.45, 2.75) is 6.92 Å². The van der Waals surface area contributed by atoms with Gasteiger partial charge in [0.2, 0.25) is 0 Å². The van der Waals surface area contributed by atoms with Gasteiger partial charge < -0.3 is 14.4 Å². The number of hydrazine groups is 1. The van der Waals surface area contributed by atoms with E-state index in [2.05, 4.69) is 5.43 Å². The Bertz CT molecular complexity index is 1600. The van der Waals surface area contributed by atoms with Gasteiger partial charge in [-0.15, -0.1) is 0 Å². The fourth-order valence-electron chi connectivity index (χ4n) is 5.21. The van der Waals surface area contributed by atoms with E-state index < -0.39 is 17.5 Å². The molecule has 1 aromatic heterocycles. The van der Waals surface area contributed by atoms with Crippen molar-refractivity contribution in [2.75, 3.05) is 49.4 Å². The number of rotatable bonds is 4. The maximum atomic E-state index is 14.9. The fourth-order valence-corrected chi connectivity index (χ4v) is 5.21. The highest BCUT2D eigenvalue weighted by molar-refractivity contribution is 6.11. The van der Waals surface area contributed by atoms with E-state index in [1.807, 2.05) is 29.2 Å². The molecule has 0 atom stereocenters. The summed E-state index contributed by atoms with van der Waals surface area (Å²) in [5.41, 5.74) is 5.44. The van der Waals surface area contributed by atoms with Crippen molar-refractivity contribution in [3.8, 4) is 16.9 Å². The van der Waals surface area contributed by atoms with Gasteiger partial charge in [-0.2, -0.15) is 0 Å². The lowest BCUT2D eigenvalue weighted by Gasteiger charge is -2.34. The first-order valence-electron chi connectivity index (χ1n) is 12.6. The second-order valence-corrected chi connectivity index (χ2v) is 9.38. The first-order valence-corrected chi connectivity index (χ1v) is 12.6. The summed E-state index contributed by atoms with van der Waals surface area (Å²) < 4.78 is 54.4. The van der Waals surface area contributed by atoms with Crippen LogP contribution in [0.1, 0.15) is 17.5 Å². The number of pyridine rings is 1. The van der Waals surface area contributed by atoms with Gasteiger partial charge in [0.1, 0.15) is 18.2 Å². The van der Waals surface area contributed by atoms with Gasteiger partial charge in [0.15, 0.2) is 11.6 Å². The summed E-state index contributed by atoms with van der Waals surface area (Å²) in [6.45, 7) is 4.52. The minimum absolute atomic E-state index is 0. The van der Waals surface area contributed by atoms with E-state index in [9.17, 15) is 18.0 Å². The number of hydrogen-bond donors (Lipinski definition) is 1. The van der Waals surface area contributed by atoms with Crippen molar-refractivity contribution >= 4 is 28.2 Å². The largest absolute Gasteiger partial charge is 0.489 e. The molecular formula is C29H27F3N4O3. The Kier molecular flexibility index (Phi) is 6.48. The first-order chi connectivity index (χ1) is 18.9.